The Hall–Kier alpha value is -0.380. The van der Waals surface area contributed by atoms with Gasteiger partial charge in [0.1, 0.15) is 6.61 Å². The summed E-state index contributed by atoms with van der Waals surface area (Å²) in [6, 6.07) is 0. The zero-order chi connectivity index (χ0) is 10.3. The quantitative estimate of drug-likeness (QED) is 0.715. The number of alkyl carbamates (subject to hydrolysis) is 1. The number of carbonyl (C=O) groups is 1. The molecule has 0 aliphatic rings. The van der Waals surface area contributed by atoms with E-state index in [9.17, 15) is 4.79 Å². The van der Waals surface area contributed by atoms with Gasteiger partial charge < -0.3 is 10.1 Å². The van der Waals surface area contributed by atoms with Crippen molar-refractivity contribution in [3.05, 3.63) is 0 Å². The van der Waals surface area contributed by atoms with Gasteiger partial charge in [0.25, 0.3) is 0 Å². The van der Waals surface area contributed by atoms with Crippen molar-refractivity contribution in [2.24, 2.45) is 0 Å². The van der Waals surface area contributed by atoms with Crippen LogP contribution in [0, 0.1) is 0 Å². The molecule has 0 aliphatic carbocycles. The highest BCUT2D eigenvalue weighted by atomic mass is 32.2. The maximum atomic E-state index is 10.8. The van der Waals surface area contributed by atoms with Crippen LogP contribution in [0.3, 0.4) is 0 Å². The van der Waals surface area contributed by atoms with Crippen LogP contribution in [0.25, 0.3) is 0 Å². The summed E-state index contributed by atoms with van der Waals surface area (Å²) >= 11 is 1.79. The van der Waals surface area contributed by atoms with E-state index in [-0.39, 0.29) is 10.8 Å². The molecule has 0 aromatic heterocycles. The van der Waals surface area contributed by atoms with Crippen LogP contribution in [0.4, 0.5) is 4.79 Å². The van der Waals surface area contributed by atoms with E-state index in [1.54, 1.807) is 11.8 Å². The van der Waals surface area contributed by atoms with Crippen LogP contribution >= 0.6 is 11.8 Å². The van der Waals surface area contributed by atoms with Crippen molar-refractivity contribution in [1.29, 1.82) is 0 Å². The summed E-state index contributed by atoms with van der Waals surface area (Å²) in [5.74, 6) is 0.848. The van der Waals surface area contributed by atoms with Gasteiger partial charge in [-0.3, -0.25) is 0 Å². The number of thioether (sulfide) groups is 1. The highest BCUT2D eigenvalue weighted by Gasteiger charge is 2.10. The second kappa shape index (κ2) is 6.13. The summed E-state index contributed by atoms with van der Waals surface area (Å²) in [7, 11) is 0. The van der Waals surface area contributed by atoms with Gasteiger partial charge in [-0.05, 0) is 6.92 Å². The fourth-order valence-corrected chi connectivity index (χ4v) is 1.46. The second-order valence-corrected chi connectivity index (χ2v) is 5.55. The molecule has 0 aliphatic heterocycles. The van der Waals surface area contributed by atoms with Crippen LogP contribution < -0.4 is 5.32 Å². The molecule has 0 saturated heterocycles. The first-order valence-corrected chi connectivity index (χ1v) is 5.49. The van der Waals surface area contributed by atoms with E-state index in [0.29, 0.717) is 13.2 Å². The predicted octanol–water partition coefficient (Wildman–Crippen LogP) is 2.26. The van der Waals surface area contributed by atoms with Crippen LogP contribution in [0.2, 0.25) is 0 Å². The van der Waals surface area contributed by atoms with Crippen molar-refractivity contribution in [3.8, 4) is 0 Å². The van der Waals surface area contributed by atoms with Crippen LogP contribution in [-0.4, -0.2) is 29.7 Å². The molecule has 1 N–H and O–H groups in total. The van der Waals surface area contributed by atoms with E-state index in [4.69, 9.17) is 4.74 Å². The Balaban J connectivity index is 3.31. The van der Waals surface area contributed by atoms with Gasteiger partial charge in [-0.15, -0.1) is 0 Å². The van der Waals surface area contributed by atoms with Crippen LogP contribution in [0.5, 0.6) is 0 Å². The van der Waals surface area contributed by atoms with Gasteiger partial charge in [-0.25, -0.2) is 4.79 Å². The molecule has 0 rings (SSSR count). The van der Waals surface area contributed by atoms with Crippen LogP contribution in [-0.2, 0) is 4.74 Å². The number of hydrogen-bond acceptors (Lipinski definition) is 3. The van der Waals surface area contributed by atoms with Gasteiger partial charge in [0.15, 0.2) is 0 Å². The summed E-state index contributed by atoms with van der Waals surface area (Å²) in [5.41, 5.74) is 0. The highest BCUT2D eigenvalue weighted by Crippen LogP contribution is 2.22. The Kier molecular flexibility index (Phi) is 5.95. The largest absolute Gasteiger partial charge is 0.449 e. The molecule has 0 spiro atoms. The Morgan fingerprint density at radius 3 is 2.54 bits per heavy atom. The fraction of sp³-hybridized carbons (Fsp3) is 0.889. The first kappa shape index (κ1) is 12.6. The Bertz CT molecular complexity index is 154. The van der Waals surface area contributed by atoms with Crippen molar-refractivity contribution in [2.75, 3.05) is 18.9 Å². The Labute approximate surface area is 84.6 Å². The third-order valence-electron chi connectivity index (χ3n) is 1.17. The first-order chi connectivity index (χ1) is 5.95. The third-order valence-corrected chi connectivity index (χ3v) is 2.41. The van der Waals surface area contributed by atoms with E-state index in [1.165, 1.54) is 0 Å². The predicted molar refractivity (Wildman–Crippen MR) is 57.2 cm³/mol. The SMILES string of the molecule is CCNC(=O)OCCSC(C)(C)C. The number of nitrogens with one attached hydrogen (secondary N) is 1. The number of rotatable bonds is 4. The molecule has 0 bridgehead atoms. The lowest BCUT2D eigenvalue weighted by Gasteiger charge is -2.17. The molecule has 0 fully saturated rings. The molecule has 0 unspecified atom stereocenters. The van der Waals surface area contributed by atoms with E-state index < -0.39 is 0 Å². The molecule has 1 amide bonds. The molecule has 0 radical (unpaired) electrons. The normalized spacial score (nSPS) is 11.1. The highest BCUT2D eigenvalue weighted by molar-refractivity contribution is 8.00. The van der Waals surface area contributed by atoms with Crippen molar-refractivity contribution in [1.82, 2.24) is 5.32 Å². The number of hydrogen-bond donors (Lipinski definition) is 1. The van der Waals surface area contributed by atoms with Gasteiger partial charge in [0.05, 0.1) is 0 Å². The lowest BCUT2D eigenvalue weighted by Crippen LogP contribution is -2.25. The molecular formula is C9H19NO2S. The molecule has 13 heavy (non-hydrogen) atoms. The van der Waals surface area contributed by atoms with E-state index in [2.05, 4.69) is 26.1 Å². The van der Waals surface area contributed by atoms with Gasteiger partial charge in [-0.1, -0.05) is 20.8 Å². The van der Waals surface area contributed by atoms with Crippen molar-refractivity contribution in [2.45, 2.75) is 32.4 Å². The lowest BCUT2D eigenvalue weighted by molar-refractivity contribution is 0.154. The molecule has 3 nitrogen and oxygen atoms in total. The minimum atomic E-state index is -0.322. The number of carbonyl (C=O) groups excluding carboxylic acids is 1. The summed E-state index contributed by atoms with van der Waals surface area (Å²) in [6.07, 6.45) is -0.322. The van der Waals surface area contributed by atoms with Gasteiger partial charge in [0, 0.05) is 17.0 Å². The fourth-order valence-electron chi connectivity index (χ4n) is 0.678. The van der Waals surface area contributed by atoms with Crippen LogP contribution in [0.15, 0.2) is 0 Å². The standard InChI is InChI=1S/C9H19NO2S/c1-5-10-8(11)12-6-7-13-9(2,3)4/h5-7H2,1-4H3,(H,10,11). The molecule has 78 valence electrons. The Morgan fingerprint density at radius 1 is 1.46 bits per heavy atom. The van der Waals surface area contributed by atoms with E-state index in [0.717, 1.165) is 5.75 Å². The molecular weight excluding hydrogens is 186 g/mol. The number of ether oxygens (including phenoxy) is 1. The van der Waals surface area contributed by atoms with Gasteiger partial charge in [-0.2, -0.15) is 11.8 Å². The number of amides is 1. The molecule has 0 aromatic carbocycles. The molecule has 4 heteroatoms. The average molecular weight is 205 g/mol. The first-order valence-electron chi connectivity index (χ1n) is 4.50. The third kappa shape index (κ3) is 9.53. The minimum Gasteiger partial charge on any atom is -0.449 e. The monoisotopic (exact) mass is 205 g/mol. The maximum absolute atomic E-state index is 10.8. The maximum Gasteiger partial charge on any atom is 0.407 e. The van der Waals surface area contributed by atoms with E-state index >= 15 is 0 Å². The zero-order valence-electron chi connectivity index (χ0n) is 8.85. The summed E-state index contributed by atoms with van der Waals surface area (Å²) in [4.78, 5) is 10.8. The lowest BCUT2D eigenvalue weighted by atomic mass is 10.3. The molecule has 0 aromatic rings. The van der Waals surface area contributed by atoms with Crippen LogP contribution in [0.1, 0.15) is 27.7 Å². The molecule has 0 heterocycles. The van der Waals surface area contributed by atoms with Crippen molar-refractivity contribution < 1.29 is 9.53 Å². The minimum absolute atomic E-state index is 0.241. The Morgan fingerprint density at radius 2 is 2.08 bits per heavy atom. The second-order valence-electron chi connectivity index (χ2n) is 3.63. The topological polar surface area (TPSA) is 38.3 Å². The average Bonchev–Trinajstić information content (AvgIpc) is 1.97. The molecule has 0 saturated carbocycles. The summed E-state index contributed by atoms with van der Waals surface area (Å²) in [6.45, 7) is 9.39. The van der Waals surface area contributed by atoms with Gasteiger partial charge >= 0.3 is 6.09 Å². The summed E-state index contributed by atoms with van der Waals surface area (Å²) in [5, 5.41) is 2.57. The van der Waals surface area contributed by atoms with E-state index in [1.807, 2.05) is 6.92 Å². The molecule has 0 atom stereocenters. The van der Waals surface area contributed by atoms with Crippen molar-refractivity contribution >= 4 is 17.9 Å². The van der Waals surface area contributed by atoms with Crippen molar-refractivity contribution in [3.63, 3.8) is 0 Å². The zero-order valence-corrected chi connectivity index (χ0v) is 9.66. The van der Waals surface area contributed by atoms with Gasteiger partial charge in [0.2, 0.25) is 0 Å². The smallest absolute Gasteiger partial charge is 0.407 e. The summed E-state index contributed by atoms with van der Waals surface area (Å²) < 4.78 is 5.15.